The number of hydrogen-bond acceptors (Lipinski definition) is 3. The zero-order chi connectivity index (χ0) is 14.5. The highest BCUT2D eigenvalue weighted by atomic mass is 15.1. The third-order valence-corrected chi connectivity index (χ3v) is 2.93. The van der Waals surface area contributed by atoms with Crippen LogP contribution in [-0.4, -0.2) is 24.0 Å². The van der Waals surface area contributed by atoms with Gasteiger partial charge in [0.2, 0.25) is 0 Å². The molecule has 0 fully saturated rings. The van der Waals surface area contributed by atoms with E-state index in [1.165, 1.54) is 0 Å². The Balaban J connectivity index is 2.50. The number of hydrogen-bond donors (Lipinski definition) is 1. The molecule has 0 amide bonds. The first-order valence-corrected chi connectivity index (χ1v) is 6.14. The van der Waals surface area contributed by atoms with Crippen LogP contribution >= 0.6 is 0 Å². The van der Waals surface area contributed by atoms with Gasteiger partial charge in [0.05, 0.1) is 11.4 Å². The van der Waals surface area contributed by atoms with E-state index in [9.17, 15) is 0 Å². The van der Waals surface area contributed by atoms with Crippen molar-refractivity contribution in [2.24, 2.45) is 0 Å². The van der Waals surface area contributed by atoms with Gasteiger partial charge >= 0.3 is 0 Å². The fourth-order valence-electron chi connectivity index (χ4n) is 2.05. The monoisotopic (exact) mass is 262 g/mol. The standard InChI is InChI=1S/C16H14N4/c1-20(2)16(13(10-17)11-18)15-9-8-14(19-15)12-6-4-3-5-7-12/h3-9,19H,1-2H3. The van der Waals surface area contributed by atoms with Gasteiger partial charge in [0.15, 0.2) is 5.57 Å². The topological polar surface area (TPSA) is 66.6 Å². The van der Waals surface area contributed by atoms with Crippen molar-refractivity contribution in [3.63, 3.8) is 0 Å². The number of nitrogens with zero attached hydrogens (tertiary/aromatic N) is 3. The van der Waals surface area contributed by atoms with Crippen LogP contribution in [0.5, 0.6) is 0 Å². The Kier molecular flexibility index (Phi) is 3.88. The van der Waals surface area contributed by atoms with Gasteiger partial charge in [0, 0.05) is 19.8 Å². The summed E-state index contributed by atoms with van der Waals surface area (Å²) in [5, 5.41) is 18.1. The van der Waals surface area contributed by atoms with E-state index in [0.29, 0.717) is 5.70 Å². The third kappa shape index (κ3) is 2.55. The highest BCUT2D eigenvalue weighted by Crippen LogP contribution is 2.24. The predicted molar refractivity (Wildman–Crippen MR) is 78.1 cm³/mol. The second-order valence-electron chi connectivity index (χ2n) is 4.49. The number of aromatic amines is 1. The zero-order valence-electron chi connectivity index (χ0n) is 11.4. The maximum atomic E-state index is 9.06. The van der Waals surface area contributed by atoms with E-state index in [4.69, 9.17) is 10.5 Å². The fourth-order valence-corrected chi connectivity index (χ4v) is 2.05. The van der Waals surface area contributed by atoms with Crippen LogP contribution in [0.3, 0.4) is 0 Å². The van der Waals surface area contributed by atoms with Gasteiger partial charge in [-0.25, -0.2) is 0 Å². The lowest BCUT2D eigenvalue weighted by Gasteiger charge is -2.15. The Morgan fingerprint density at radius 3 is 2.20 bits per heavy atom. The molecular formula is C16H14N4. The Morgan fingerprint density at radius 1 is 1.00 bits per heavy atom. The molecule has 2 rings (SSSR count). The van der Waals surface area contributed by atoms with Gasteiger partial charge in [-0.15, -0.1) is 0 Å². The van der Waals surface area contributed by atoms with Crippen LogP contribution < -0.4 is 0 Å². The van der Waals surface area contributed by atoms with Gasteiger partial charge in [0.25, 0.3) is 0 Å². The first-order chi connectivity index (χ1) is 9.67. The van der Waals surface area contributed by atoms with Crippen molar-refractivity contribution in [2.45, 2.75) is 0 Å². The minimum atomic E-state index is 0.0939. The molecule has 1 aromatic carbocycles. The van der Waals surface area contributed by atoms with Crippen LogP contribution in [0.15, 0.2) is 48.0 Å². The number of nitriles is 2. The van der Waals surface area contributed by atoms with Crippen LogP contribution in [0.1, 0.15) is 5.69 Å². The maximum Gasteiger partial charge on any atom is 0.155 e. The van der Waals surface area contributed by atoms with Gasteiger partial charge in [-0.2, -0.15) is 10.5 Å². The summed E-state index contributed by atoms with van der Waals surface area (Å²) in [6, 6.07) is 17.6. The van der Waals surface area contributed by atoms with Crippen molar-refractivity contribution in [1.82, 2.24) is 9.88 Å². The number of rotatable bonds is 3. The molecule has 4 nitrogen and oxygen atoms in total. The van der Waals surface area contributed by atoms with E-state index in [1.807, 2.05) is 68.7 Å². The number of allylic oxidation sites excluding steroid dienone is 1. The SMILES string of the molecule is CN(C)C(=C(C#N)C#N)c1ccc(-c2ccccc2)[nH]1. The normalized spacial score (nSPS) is 9.40. The molecule has 2 aromatic rings. The largest absolute Gasteiger partial charge is 0.374 e. The number of H-pyrrole nitrogens is 1. The van der Waals surface area contributed by atoms with Crippen molar-refractivity contribution in [3.05, 3.63) is 53.7 Å². The summed E-state index contributed by atoms with van der Waals surface area (Å²) in [6.45, 7) is 0. The Hall–Kier alpha value is -2.98. The molecule has 0 aliphatic rings. The summed E-state index contributed by atoms with van der Waals surface area (Å²) in [5.74, 6) is 0. The van der Waals surface area contributed by atoms with E-state index in [-0.39, 0.29) is 5.57 Å². The molecule has 0 atom stereocenters. The molecular weight excluding hydrogens is 248 g/mol. The summed E-state index contributed by atoms with van der Waals surface area (Å²) >= 11 is 0. The van der Waals surface area contributed by atoms with Crippen LogP contribution in [0.4, 0.5) is 0 Å². The summed E-state index contributed by atoms with van der Waals surface area (Å²) in [6.07, 6.45) is 0. The molecule has 0 aliphatic heterocycles. The van der Waals surface area contributed by atoms with E-state index in [0.717, 1.165) is 17.0 Å². The number of aromatic nitrogens is 1. The number of benzene rings is 1. The lowest BCUT2D eigenvalue weighted by atomic mass is 10.2. The number of nitrogens with one attached hydrogen (secondary N) is 1. The summed E-state index contributed by atoms with van der Waals surface area (Å²) in [5.41, 5.74) is 3.46. The molecule has 98 valence electrons. The van der Waals surface area contributed by atoms with Gasteiger partial charge in [-0.3, -0.25) is 0 Å². The summed E-state index contributed by atoms with van der Waals surface area (Å²) in [4.78, 5) is 5.02. The van der Waals surface area contributed by atoms with E-state index in [1.54, 1.807) is 4.90 Å². The average molecular weight is 262 g/mol. The summed E-state index contributed by atoms with van der Waals surface area (Å²) < 4.78 is 0. The smallest absolute Gasteiger partial charge is 0.155 e. The second-order valence-corrected chi connectivity index (χ2v) is 4.49. The zero-order valence-corrected chi connectivity index (χ0v) is 11.4. The predicted octanol–water partition coefficient (Wildman–Crippen LogP) is 3.00. The molecule has 0 saturated carbocycles. The Morgan fingerprint density at radius 2 is 1.65 bits per heavy atom. The second kappa shape index (κ2) is 5.77. The lowest BCUT2D eigenvalue weighted by Crippen LogP contribution is -2.12. The molecule has 0 aliphatic carbocycles. The third-order valence-electron chi connectivity index (χ3n) is 2.93. The van der Waals surface area contributed by atoms with Crippen LogP contribution in [0.2, 0.25) is 0 Å². The highest BCUT2D eigenvalue weighted by molar-refractivity contribution is 5.74. The molecule has 4 heteroatoms. The molecule has 1 N–H and O–H groups in total. The lowest BCUT2D eigenvalue weighted by molar-refractivity contribution is 0.588. The Bertz CT molecular complexity index is 693. The molecule has 0 spiro atoms. The van der Waals surface area contributed by atoms with Crippen LogP contribution in [0, 0.1) is 22.7 Å². The first kappa shape index (κ1) is 13.5. The molecule has 0 bridgehead atoms. The molecule has 0 saturated heterocycles. The minimum Gasteiger partial charge on any atom is -0.374 e. The van der Waals surface area contributed by atoms with Gasteiger partial charge < -0.3 is 9.88 Å². The van der Waals surface area contributed by atoms with E-state index in [2.05, 4.69) is 4.98 Å². The van der Waals surface area contributed by atoms with Crippen molar-refractivity contribution < 1.29 is 0 Å². The van der Waals surface area contributed by atoms with Crippen molar-refractivity contribution in [1.29, 1.82) is 10.5 Å². The van der Waals surface area contributed by atoms with Gasteiger partial charge in [0.1, 0.15) is 12.1 Å². The van der Waals surface area contributed by atoms with Crippen molar-refractivity contribution >= 4 is 5.70 Å². The minimum absolute atomic E-state index is 0.0939. The van der Waals surface area contributed by atoms with Gasteiger partial charge in [-0.05, 0) is 17.7 Å². The molecule has 20 heavy (non-hydrogen) atoms. The summed E-state index contributed by atoms with van der Waals surface area (Å²) in [7, 11) is 3.63. The molecule has 0 radical (unpaired) electrons. The first-order valence-electron chi connectivity index (χ1n) is 6.14. The molecule has 0 unspecified atom stereocenters. The van der Waals surface area contributed by atoms with Crippen LogP contribution in [-0.2, 0) is 0 Å². The molecule has 1 heterocycles. The molecule has 1 aromatic heterocycles. The quantitative estimate of drug-likeness (QED) is 0.865. The fraction of sp³-hybridized carbons (Fsp3) is 0.125. The van der Waals surface area contributed by atoms with Crippen molar-refractivity contribution in [2.75, 3.05) is 14.1 Å². The van der Waals surface area contributed by atoms with Crippen molar-refractivity contribution in [3.8, 4) is 23.4 Å². The maximum absolute atomic E-state index is 9.06. The van der Waals surface area contributed by atoms with E-state index < -0.39 is 0 Å². The van der Waals surface area contributed by atoms with Crippen LogP contribution in [0.25, 0.3) is 17.0 Å². The van der Waals surface area contributed by atoms with E-state index >= 15 is 0 Å². The average Bonchev–Trinajstić information content (AvgIpc) is 2.94. The highest BCUT2D eigenvalue weighted by Gasteiger charge is 2.13. The Labute approximate surface area is 118 Å². The van der Waals surface area contributed by atoms with Gasteiger partial charge in [-0.1, -0.05) is 30.3 Å².